The number of rotatable bonds is 5. The van der Waals surface area contributed by atoms with E-state index in [1.807, 2.05) is 0 Å². The van der Waals surface area contributed by atoms with Crippen molar-refractivity contribution in [2.75, 3.05) is 5.73 Å². The van der Waals surface area contributed by atoms with E-state index in [0.717, 1.165) is 22.8 Å². The van der Waals surface area contributed by atoms with E-state index in [0.29, 0.717) is 0 Å². The van der Waals surface area contributed by atoms with Crippen LogP contribution in [0.15, 0.2) is 42.6 Å². The molecule has 1 aliphatic heterocycles. The number of ether oxygens (including phenoxy) is 1. The number of hydrogen-bond donors (Lipinski definition) is 2. The fourth-order valence-electron chi connectivity index (χ4n) is 4.13. The zero-order valence-corrected chi connectivity index (χ0v) is 18.5. The molecular weight excluding hydrogens is 494 g/mol. The van der Waals surface area contributed by atoms with Crippen molar-refractivity contribution in [2.45, 2.75) is 50.4 Å². The molecule has 36 heavy (non-hydrogen) atoms. The van der Waals surface area contributed by atoms with Gasteiger partial charge in [0.2, 0.25) is 5.82 Å². The van der Waals surface area contributed by atoms with Crippen LogP contribution in [0.4, 0.5) is 32.2 Å². The van der Waals surface area contributed by atoms with E-state index >= 15 is 0 Å². The number of aliphatic hydroxyl groups excluding tert-OH is 1. The van der Waals surface area contributed by atoms with Crippen LogP contribution >= 0.6 is 0 Å². The van der Waals surface area contributed by atoms with E-state index in [1.165, 1.54) is 24.4 Å². The summed E-state index contributed by atoms with van der Waals surface area (Å²) >= 11 is 0. The molecule has 1 fully saturated rings. The third kappa shape index (κ3) is 5.45. The van der Waals surface area contributed by atoms with Crippen LogP contribution in [0, 0.1) is 0 Å². The van der Waals surface area contributed by atoms with Crippen LogP contribution in [-0.2, 0) is 28.4 Å². The quantitative estimate of drug-likeness (QED) is 0.378. The number of anilines is 1. The molecule has 7 nitrogen and oxygen atoms in total. The van der Waals surface area contributed by atoms with Crippen molar-refractivity contribution in [2.24, 2.45) is 0 Å². The molecular formula is C23H20F6N4O3. The standard InChI is InChI=1S/C23H20F6N4O3/c24-22(25,26)14-3-1-2-13(8-14)20-19(12-4-6-31-17(30)9-12)32-21(23(27,28)29)33(20)7-5-16-10-15(34)11-18(35)36-16/h1-4,6,8-9,15-16,34H,5,7,10-11H2,(H2,30,31). The maximum Gasteiger partial charge on any atom is 0.449 e. The molecule has 0 amide bonds. The van der Waals surface area contributed by atoms with E-state index in [9.17, 15) is 36.2 Å². The molecule has 13 heteroatoms. The highest BCUT2D eigenvalue weighted by molar-refractivity contribution is 5.80. The number of aromatic nitrogens is 3. The number of pyridine rings is 1. The van der Waals surface area contributed by atoms with Gasteiger partial charge in [-0.1, -0.05) is 12.1 Å². The Balaban J connectivity index is 1.88. The summed E-state index contributed by atoms with van der Waals surface area (Å²) in [5.74, 6) is -2.05. The average Bonchev–Trinajstić information content (AvgIpc) is 3.17. The maximum absolute atomic E-state index is 14.1. The smallest absolute Gasteiger partial charge is 0.449 e. The van der Waals surface area contributed by atoms with E-state index in [4.69, 9.17) is 10.5 Å². The third-order valence-corrected chi connectivity index (χ3v) is 5.65. The Morgan fingerprint density at radius 3 is 2.47 bits per heavy atom. The minimum absolute atomic E-state index is 0.0197. The van der Waals surface area contributed by atoms with Crippen molar-refractivity contribution >= 4 is 11.8 Å². The van der Waals surface area contributed by atoms with E-state index in [1.54, 1.807) is 0 Å². The average molecular weight is 514 g/mol. The molecule has 0 aliphatic carbocycles. The number of imidazole rings is 1. The summed E-state index contributed by atoms with van der Waals surface area (Å²) < 4.78 is 88.4. The van der Waals surface area contributed by atoms with Crippen molar-refractivity contribution in [1.29, 1.82) is 0 Å². The third-order valence-electron chi connectivity index (χ3n) is 5.65. The molecule has 2 unspecified atom stereocenters. The number of aliphatic hydroxyl groups is 1. The Morgan fingerprint density at radius 2 is 1.83 bits per heavy atom. The molecule has 0 spiro atoms. The number of nitrogens with two attached hydrogens (primary N) is 1. The number of carbonyl (C=O) groups excluding carboxylic acids is 1. The highest BCUT2D eigenvalue weighted by Gasteiger charge is 2.40. The Hall–Kier alpha value is -3.61. The molecule has 3 heterocycles. The Bertz CT molecular complexity index is 1270. The van der Waals surface area contributed by atoms with Gasteiger partial charge in [-0.3, -0.25) is 4.79 Å². The highest BCUT2D eigenvalue weighted by Crippen LogP contribution is 2.41. The zero-order chi connectivity index (χ0) is 26.3. The molecule has 3 N–H and O–H groups in total. The Labute approximate surface area is 200 Å². The molecule has 2 aromatic heterocycles. The fourth-order valence-corrected chi connectivity index (χ4v) is 4.13. The van der Waals surface area contributed by atoms with Gasteiger partial charge in [0, 0.05) is 36.7 Å². The summed E-state index contributed by atoms with van der Waals surface area (Å²) in [6.07, 6.45) is -10.7. The molecule has 2 atom stereocenters. The van der Waals surface area contributed by atoms with Gasteiger partial charge in [-0.15, -0.1) is 0 Å². The topological polar surface area (TPSA) is 103 Å². The van der Waals surface area contributed by atoms with Crippen LogP contribution in [-0.4, -0.2) is 37.8 Å². The molecule has 4 rings (SSSR count). The predicted octanol–water partition coefficient (Wildman–Crippen LogP) is 4.69. The SMILES string of the molecule is Nc1cc(-c2nc(C(F)(F)F)n(CCC3CC(O)CC(=O)O3)c2-c2cccc(C(F)(F)F)c2)ccn1. The number of cyclic esters (lactones) is 1. The molecule has 0 saturated carbocycles. The Morgan fingerprint density at radius 1 is 1.08 bits per heavy atom. The number of esters is 1. The second-order valence-corrected chi connectivity index (χ2v) is 8.32. The minimum atomic E-state index is -4.96. The zero-order valence-electron chi connectivity index (χ0n) is 18.5. The van der Waals surface area contributed by atoms with Crippen LogP contribution in [0.2, 0.25) is 0 Å². The normalized spacial score (nSPS) is 18.8. The summed E-state index contributed by atoms with van der Waals surface area (Å²) in [6.45, 7) is -0.404. The molecule has 192 valence electrons. The van der Waals surface area contributed by atoms with Crippen molar-refractivity contribution in [3.63, 3.8) is 0 Å². The largest absolute Gasteiger partial charge is 0.462 e. The van der Waals surface area contributed by atoms with Gasteiger partial charge in [0.05, 0.1) is 29.5 Å². The van der Waals surface area contributed by atoms with Gasteiger partial charge in [0.25, 0.3) is 0 Å². The second kappa shape index (κ2) is 9.45. The van der Waals surface area contributed by atoms with E-state index in [-0.39, 0.29) is 47.6 Å². The van der Waals surface area contributed by atoms with Crippen LogP contribution in [0.3, 0.4) is 0 Å². The lowest BCUT2D eigenvalue weighted by Gasteiger charge is -2.26. The monoisotopic (exact) mass is 514 g/mol. The van der Waals surface area contributed by atoms with Crippen molar-refractivity contribution < 1.29 is 41.0 Å². The van der Waals surface area contributed by atoms with Gasteiger partial charge in [-0.2, -0.15) is 26.3 Å². The summed E-state index contributed by atoms with van der Waals surface area (Å²) in [6, 6.07) is 6.50. The number of hydrogen-bond acceptors (Lipinski definition) is 6. The van der Waals surface area contributed by atoms with Crippen LogP contribution in [0.25, 0.3) is 22.5 Å². The lowest BCUT2D eigenvalue weighted by Crippen LogP contribution is -2.33. The van der Waals surface area contributed by atoms with Crippen LogP contribution in [0.5, 0.6) is 0 Å². The number of nitrogens with zero attached hydrogens (tertiary/aromatic N) is 3. The van der Waals surface area contributed by atoms with E-state index < -0.39 is 48.5 Å². The second-order valence-electron chi connectivity index (χ2n) is 8.32. The summed E-state index contributed by atoms with van der Waals surface area (Å²) in [7, 11) is 0. The van der Waals surface area contributed by atoms with Crippen molar-refractivity contribution in [1.82, 2.24) is 14.5 Å². The molecule has 1 aromatic carbocycles. The Kier molecular flexibility index (Phi) is 6.69. The fraction of sp³-hybridized carbons (Fsp3) is 0.348. The number of alkyl halides is 6. The lowest BCUT2D eigenvalue weighted by atomic mass is 10.0. The molecule has 0 radical (unpaired) electrons. The molecule has 3 aromatic rings. The van der Waals surface area contributed by atoms with Gasteiger partial charge in [-0.25, -0.2) is 9.97 Å². The first-order valence-corrected chi connectivity index (χ1v) is 10.8. The summed E-state index contributed by atoms with van der Waals surface area (Å²) in [5, 5.41) is 9.82. The summed E-state index contributed by atoms with van der Waals surface area (Å²) in [5.41, 5.74) is 4.15. The van der Waals surface area contributed by atoms with Crippen LogP contribution < -0.4 is 5.73 Å². The molecule has 1 saturated heterocycles. The van der Waals surface area contributed by atoms with Gasteiger partial charge < -0.3 is 20.1 Å². The first-order chi connectivity index (χ1) is 16.8. The molecule has 1 aliphatic rings. The van der Waals surface area contributed by atoms with Gasteiger partial charge in [0.1, 0.15) is 11.9 Å². The predicted molar refractivity (Wildman–Crippen MR) is 115 cm³/mol. The van der Waals surface area contributed by atoms with Crippen LogP contribution in [0.1, 0.15) is 30.7 Å². The van der Waals surface area contributed by atoms with Crippen molar-refractivity contribution in [3.05, 3.63) is 54.0 Å². The van der Waals surface area contributed by atoms with Crippen molar-refractivity contribution in [3.8, 4) is 22.5 Å². The van der Waals surface area contributed by atoms with Gasteiger partial charge >= 0.3 is 18.3 Å². The summed E-state index contributed by atoms with van der Waals surface area (Å²) in [4.78, 5) is 19.2. The number of carbonyl (C=O) groups is 1. The number of nitrogen functional groups attached to an aromatic ring is 1. The number of halogens is 6. The first kappa shape index (κ1) is 25.5. The number of benzene rings is 1. The van der Waals surface area contributed by atoms with E-state index in [2.05, 4.69) is 9.97 Å². The minimum Gasteiger partial charge on any atom is -0.462 e. The lowest BCUT2D eigenvalue weighted by molar-refractivity contribution is -0.161. The first-order valence-electron chi connectivity index (χ1n) is 10.8. The van der Waals surface area contributed by atoms with Gasteiger partial charge in [-0.05, 0) is 24.3 Å². The molecule has 0 bridgehead atoms. The van der Waals surface area contributed by atoms with Gasteiger partial charge in [0.15, 0.2) is 0 Å². The highest BCUT2D eigenvalue weighted by atomic mass is 19.4. The maximum atomic E-state index is 14.1.